The molecule has 0 aliphatic carbocycles. The molecule has 1 aliphatic rings. The van der Waals surface area contributed by atoms with E-state index in [0.29, 0.717) is 16.3 Å². The second kappa shape index (κ2) is 4.44. The van der Waals surface area contributed by atoms with Gasteiger partial charge in [-0.15, -0.1) is 0 Å². The van der Waals surface area contributed by atoms with Gasteiger partial charge in [0, 0.05) is 16.2 Å². The number of halogens is 1. The van der Waals surface area contributed by atoms with Crippen molar-refractivity contribution < 1.29 is 9.90 Å². The van der Waals surface area contributed by atoms with Crippen LogP contribution in [-0.4, -0.2) is 11.1 Å². The van der Waals surface area contributed by atoms with E-state index >= 15 is 0 Å². The zero-order valence-corrected chi connectivity index (χ0v) is 10.6. The van der Waals surface area contributed by atoms with Gasteiger partial charge in [0.1, 0.15) is 0 Å². The molecule has 1 N–H and O–H groups in total. The molecule has 0 atom stereocenters. The zero-order chi connectivity index (χ0) is 13.4. The molecule has 0 saturated heterocycles. The van der Waals surface area contributed by atoms with Crippen LogP contribution in [0.3, 0.4) is 0 Å². The number of hydrogen-bond acceptors (Lipinski definition) is 1. The van der Waals surface area contributed by atoms with Crippen molar-refractivity contribution in [3.8, 4) is 0 Å². The minimum Gasteiger partial charge on any atom is -0.476 e. The first-order valence-electron chi connectivity index (χ1n) is 5.71. The highest BCUT2D eigenvalue weighted by Gasteiger charge is 2.28. The lowest BCUT2D eigenvalue weighted by Crippen LogP contribution is -2.07. The molecule has 3 nitrogen and oxygen atoms in total. The molecule has 0 aromatic heterocycles. The number of nitrogens with zero attached hydrogens (tertiary/aromatic N) is 1. The molecule has 93 valence electrons. The molecule has 1 heterocycles. The molecule has 0 bridgehead atoms. The highest BCUT2D eigenvalue weighted by Crippen LogP contribution is 2.39. The number of carbonyl (C=O) groups is 1. The Morgan fingerprint density at radius 3 is 2.53 bits per heavy atom. The Balaban J connectivity index is 2.25. The summed E-state index contributed by atoms with van der Waals surface area (Å²) in [5.41, 5.74) is 2.90. The number of rotatable bonds is 2. The Morgan fingerprint density at radius 2 is 1.84 bits per heavy atom. The Kier molecular flexibility index (Phi) is 2.76. The maximum Gasteiger partial charge on any atom is 0.355 e. The van der Waals surface area contributed by atoms with Crippen LogP contribution < -0.4 is 5.32 Å². The minimum atomic E-state index is -1.04. The van der Waals surface area contributed by atoms with Gasteiger partial charge < -0.3 is 5.11 Å². The highest BCUT2D eigenvalue weighted by molar-refractivity contribution is 6.31. The van der Waals surface area contributed by atoms with E-state index in [-0.39, 0.29) is 5.70 Å². The maximum absolute atomic E-state index is 11.4. The summed E-state index contributed by atoms with van der Waals surface area (Å²) in [6, 6.07) is 14.5. The number of aliphatic carboxylic acids is 1. The average molecular weight is 271 g/mol. The fourth-order valence-corrected chi connectivity index (χ4v) is 2.33. The molecule has 0 amide bonds. The fraction of sp³-hybridized carbons (Fsp3) is 0. The summed E-state index contributed by atoms with van der Waals surface area (Å²) in [5, 5.41) is 14.0. The van der Waals surface area contributed by atoms with Crippen LogP contribution in [0.2, 0.25) is 5.02 Å². The van der Waals surface area contributed by atoms with Gasteiger partial charge in [-0.05, 0) is 23.8 Å². The summed E-state index contributed by atoms with van der Waals surface area (Å²) in [6.45, 7) is 0. The van der Waals surface area contributed by atoms with E-state index < -0.39 is 5.97 Å². The number of carboxylic acid groups (broad SMARTS) is 1. The van der Waals surface area contributed by atoms with Gasteiger partial charge in [-0.3, -0.25) is 0 Å². The molecule has 1 radical (unpaired) electrons. The van der Waals surface area contributed by atoms with E-state index in [1.165, 1.54) is 0 Å². The summed E-state index contributed by atoms with van der Waals surface area (Å²) in [6.07, 6.45) is 0. The number of fused-ring (bicyclic) bond motifs is 1. The van der Waals surface area contributed by atoms with Crippen molar-refractivity contribution in [3.05, 3.63) is 70.4 Å². The van der Waals surface area contributed by atoms with Gasteiger partial charge in [0.25, 0.3) is 0 Å². The second-order valence-corrected chi connectivity index (χ2v) is 4.60. The quantitative estimate of drug-likeness (QED) is 0.909. The number of hydrogen-bond donors (Lipinski definition) is 1. The molecule has 2 aromatic carbocycles. The van der Waals surface area contributed by atoms with Crippen molar-refractivity contribution >= 4 is 28.8 Å². The van der Waals surface area contributed by atoms with E-state index in [1.54, 1.807) is 18.2 Å². The third-order valence-electron chi connectivity index (χ3n) is 2.96. The highest BCUT2D eigenvalue weighted by atomic mass is 35.5. The van der Waals surface area contributed by atoms with Crippen LogP contribution in [0.1, 0.15) is 11.1 Å². The SMILES string of the molecule is O=C(O)C1=C(c2ccccc2)c2cc(Cl)ccc2[N]1. The van der Waals surface area contributed by atoms with Gasteiger partial charge in [0.05, 0.1) is 5.69 Å². The molecule has 19 heavy (non-hydrogen) atoms. The van der Waals surface area contributed by atoms with Crippen molar-refractivity contribution in [2.75, 3.05) is 0 Å². The topological polar surface area (TPSA) is 51.4 Å². The van der Waals surface area contributed by atoms with E-state index in [0.717, 1.165) is 11.1 Å². The Morgan fingerprint density at radius 1 is 1.11 bits per heavy atom. The first-order valence-corrected chi connectivity index (χ1v) is 6.09. The van der Waals surface area contributed by atoms with Gasteiger partial charge in [0.2, 0.25) is 0 Å². The number of carboxylic acids is 1. The van der Waals surface area contributed by atoms with Crippen molar-refractivity contribution in [2.45, 2.75) is 0 Å². The van der Waals surface area contributed by atoms with Crippen LogP contribution in [0.5, 0.6) is 0 Å². The van der Waals surface area contributed by atoms with Gasteiger partial charge in [0.15, 0.2) is 5.70 Å². The first-order chi connectivity index (χ1) is 9.16. The van der Waals surface area contributed by atoms with Crippen LogP contribution in [0.4, 0.5) is 5.69 Å². The molecule has 2 aromatic rings. The average Bonchev–Trinajstić information content (AvgIpc) is 2.78. The number of benzene rings is 2. The molecule has 0 saturated carbocycles. The standard InChI is InChI=1S/C15H9ClNO2/c16-10-6-7-12-11(8-10)13(14(17-12)15(18)19)9-4-2-1-3-5-9/h1-8H,(H,18,19). The van der Waals surface area contributed by atoms with Crippen molar-refractivity contribution in [3.63, 3.8) is 0 Å². The smallest absolute Gasteiger partial charge is 0.355 e. The predicted molar refractivity (Wildman–Crippen MR) is 73.3 cm³/mol. The summed E-state index contributed by atoms with van der Waals surface area (Å²) in [7, 11) is 0. The lowest BCUT2D eigenvalue weighted by molar-refractivity contribution is -0.132. The Hall–Kier alpha value is -2.26. The van der Waals surface area contributed by atoms with Crippen LogP contribution in [-0.2, 0) is 4.79 Å². The molecule has 0 fully saturated rings. The van der Waals surface area contributed by atoms with Crippen LogP contribution >= 0.6 is 11.6 Å². The molecule has 1 aliphatic heterocycles. The molecule has 0 spiro atoms. The monoisotopic (exact) mass is 270 g/mol. The van der Waals surface area contributed by atoms with Gasteiger partial charge in [-0.1, -0.05) is 41.9 Å². The fourth-order valence-electron chi connectivity index (χ4n) is 2.16. The maximum atomic E-state index is 11.4. The van der Waals surface area contributed by atoms with Crippen LogP contribution in [0.15, 0.2) is 54.2 Å². The van der Waals surface area contributed by atoms with Crippen molar-refractivity contribution in [2.24, 2.45) is 0 Å². The van der Waals surface area contributed by atoms with E-state index in [1.807, 2.05) is 30.3 Å². The summed E-state index contributed by atoms with van der Waals surface area (Å²) < 4.78 is 0. The van der Waals surface area contributed by atoms with Crippen molar-refractivity contribution in [1.29, 1.82) is 0 Å². The molecule has 4 heteroatoms. The lowest BCUT2D eigenvalue weighted by Gasteiger charge is -2.05. The molecular formula is C15H9ClNO2. The van der Waals surface area contributed by atoms with Gasteiger partial charge >= 0.3 is 5.97 Å². The van der Waals surface area contributed by atoms with Crippen LogP contribution in [0.25, 0.3) is 5.57 Å². The Bertz CT molecular complexity index is 693. The lowest BCUT2D eigenvalue weighted by atomic mass is 9.98. The summed E-state index contributed by atoms with van der Waals surface area (Å²) in [4.78, 5) is 11.4. The first kappa shape index (κ1) is 11.8. The molecule has 3 rings (SSSR count). The van der Waals surface area contributed by atoms with Crippen LogP contribution in [0, 0.1) is 0 Å². The summed E-state index contributed by atoms with van der Waals surface area (Å²) >= 11 is 5.99. The zero-order valence-electron chi connectivity index (χ0n) is 9.80. The van der Waals surface area contributed by atoms with Gasteiger partial charge in [-0.25, -0.2) is 10.1 Å². The second-order valence-electron chi connectivity index (χ2n) is 4.17. The molecular weight excluding hydrogens is 262 g/mol. The van der Waals surface area contributed by atoms with Gasteiger partial charge in [-0.2, -0.15) is 0 Å². The largest absolute Gasteiger partial charge is 0.476 e. The third kappa shape index (κ3) is 1.98. The molecule has 0 unspecified atom stereocenters. The third-order valence-corrected chi connectivity index (χ3v) is 3.20. The van der Waals surface area contributed by atoms with Crippen molar-refractivity contribution in [1.82, 2.24) is 5.32 Å². The van der Waals surface area contributed by atoms with E-state index in [2.05, 4.69) is 5.32 Å². The van der Waals surface area contributed by atoms with E-state index in [9.17, 15) is 9.90 Å². The predicted octanol–water partition coefficient (Wildman–Crippen LogP) is 3.43. The normalized spacial score (nSPS) is 13.1. The Labute approximate surface area is 115 Å². The van der Waals surface area contributed by atoms with E-state index in [4.69, 9.17) is 11.6 Å². The summed E-state index contributed by atoms with van der Waals surface area (Å²) in [5.74, 6) is -1.04. The minimum absolute atomic E-state index is 0.0588.